The molecule has 1 unspecified atom stereocenters. The summed E-state index contributed by atoms with van der Waals surface area (Å²) in [6.07, 6.45) is 4.53. The van der Waals surface area contributed by atoms with E-state index in [0.717, 1.165) is 18.4 Å². The molecule has 2 aromatic rings. The predicted molar refractivity (Wildman–Crippen MR) is 114 cm³/mol. The van der Waals surface area contributed by atoms with E-state index in [2.05, 4.69) is 20.8 Å². The minimum atomic E-state index is -0.295. The average Bonchev–Trinajstić information content (AvgIpc) is 3.35. The maximum Gasteiger partial charge on any atom is 0.252 e. The number of aryl methyl sites for hydroxylation is 1. The molecule has 0 saturated heterocycles. The van der Waals surface area contributed by atoms with E-state index in [-0.39, 0.29) is 17.9 Å². The van der Waals surface area contributed by atoms with Crippen LogP contribution in [-0.4, -0.2) is 38.4 Å². The van der Waals surface area contributed by atoms with Gasteiger partial charge in [0, 0.05) is 18.2 Å². The Labute approximate surface area is 176 Å². The maximum absolute atomic E-state index is 12.6. The van der Waals surface area contributed by atoms with Crippen LogP contribution < -0.4 is 10.6 Å². The fraction of sp³-hybridized carbons (Fsp3) is 0.524. The van der Waals surface area contributed by atoms with Crippen LogP contribution >= 0.6 is 11.8 Å². The molecule has 0 spiro atoms. The van der Waals surface area contributed by atoms with Crippen molar-refractivity contribution in [3.8, 4) is 0 Å². The molecule has 1 aliphatic carbocycles. The van der Waals surface area contributed by atoms with Gasteiger partial charge < -0.3 is 15.2 Å². The van der Waals surface area contributed by atoms with E-state index < -0.39 is 0 Å². The summed E-state index contributed by atoms with van der Waals surface area (Å²) in [6, 6.07) is 7.52. The Balaban J connectivity index is 1.61. The van der Waals surface area contributed by atoms with Gasteiger partial charge in [0.15, 0.2) is 11.0 Å². The van der Waals surface area contributed by atoms with Crippen LogP contribution in [0.2, 0.25) is 0 Å². The normalized spacial score (nSPS) is 15.3. The molecule has 0 radical (unpaired) electrons. The van der Waals surface area contributed by atoms with Gasteiger partial charge in [-0.2, -0.15) is 0 Å². The Hall–Kier alpha value is -2.35. The third kappa shape index (κ3) is 5.38. The van der Waals surface area contributed by atoms with E-state index in [0.29, 0.717) is 34.9 Å². The van der Waals surface area contributed by atoms with Crippen molar-refractivity contribution in [3.63, 3.8) is 0 Å². The van der Waals surface area contributed by atoms with Gasteiger partial charge in [-0.05, 0) is 45.2 Å². The molecule has 7 nitrogen and oxygen atoms in total. The lowest BCUT2D eigenvalue weighted by molar-refractivity contribution is -0.119. The van der Waals surface area contributed by atoms with Gasteiger partial charge in [0.1, 0.15) is 0 Å². The van der Waals surface area contributed by atoms with Gasteiger partial charge in [-0.25, -0.2) is 0 Å². The molecule has 0 bridgehead atoms. The number of benzene rings is 1. The molecule has 0 aliphatic heterocycles. The van der Waals surface area contributed by atoms with Crippen molar-refractivity contribution in [2.75, 3.05) is 5.75 Å². The third-order valence-electron chi connectivity index (χ3n) is 5.24. The van der Waals surface area contributed by atoms with Crippen molar-refractivity contribution < 1.29 is 9.59 Å². The number of thioether (sulfide) groups is 1. The highest BCUT2D eigenvalue weighted by Crippen LogP contribution is 2.22. The summed E-state index contributed by atoms with van der Waals surface area (Å²) in [6.45, 7) is 6.48. The van der Waals surface area contributed by atoms with Crippen LogP contribution in [0, 0.1) is 6.92 Å². The Morgan fingerprint density at radius 2 is 1.97 bits per heavy atom. The molecule has 1 saturated carbocycles. The fourth-order valence-corrected chi connectivity index (χ4v) is 4.48. The minimum Gasteiger partial charge on any atom is -0.353 e. The highest BCUT2D eigenvalue weighted by atomic mass is 32.2. The van der Waals surface area contributed by atoms with Crippen LogP contribution in [0.15, 0.2) is 29.4 Å². The van der Waals surface area contributed by atoms with Crippen LogP contribution in [0.25, 0.3) is 0 Å². The lowest BCUT2D eigenvalue weighted by Crippen LogP contribution is -2.33. The zero-order valence-corrected chi connectivity index (χ0v) is 18.1. The molecule has 1 atom stereocenters. The number of aromatic nitrogens is 3. The first kappa shape index (κ1) is 21.4. The Morgan fingerprint density at radius 1 is 1.24 bits per heavy atom. The Morgan fingerprint density at radius 3 is 2.66 bits per heavy atom. The number of carbonyl (C=O) groups excluding carboxylic acids is 2. The smallest absolute Gasteiger partial charge is 0.252 e. The van der Waals surface area contributed by atoms with Gasteiger partial charge in [-0.3, -0.25) is 9.59 Å². The molecule has 3 rings (SSSR count). The molecule has 1 heterocycles. The van der Waals surface area contributed by atoms with E-state index in [1.807, 2.05) is 49.6 Å². The molecule has 2 N–H and O–H groups in total. The number of nitrogens with zero attached hydrogens (tertiary/aromatic N) is 3. The lowest BCUT2D eigenvalue weighted by Gasteiger charge is -2.16. The minimum absolute atomic E-state index is 0.0370. The first-order valence-electron chi connectivity index (χ1n) is 10.2. The zero-order valence-electron chi connectivity index (χ0n) is 17.3. The van der Waals surface area contributed by atoms with Crippen molar-refractivity contribution >= 4 is 23.6 Å². The molecule has 1 aromatic carbocycles. The first-order chi connectivity index (χ1) is 14.0. The number of hydrogen-bond donors (Lipinski definition) is 2. The van der Waals surface area contributed by atoms with Gasteiger partial charge in [-0.15, -0.1) is 10.2 Å². The summed E-state index contributed by atoms with van der Waals surface area (Å²) in [4.78, 5) is 24.8. The van der Waals surface area contributed by atoms with E-state index >= 15 is 0 Å². The number of amides is 2. The van der Waals surface area contributed by atoms with Crippen molar-refractivity contribution in [2.45, 2.75) is 70.2 Å². The molecule has 1 fully saturated rings. The third-order valence-corrected chi connectivity index (χ3v) is 6.21. The van der Waals surface area contributed by atoms with Crippen LogP contribution in [0.5, 0.6) is 0 Å². The van der Waals surface area contributed by atoms with Crippen LogP contribution in [0.4, 0.5) is 0 Å². The monoisotopic (exact) mass is 415 g/mol. The Kier molecular flexibility index (Phi) is 7.30. The topological polar surface area (TPSA) is 88.9 Å². The largest absolute Gasteiger partial charge is 0.353 e. The Bertz CT molecular complexity index is 861. The molecule has 2 amide bonds. The predicted octanol–water partition coefficient (Wildman–Crippen LogP) is 3.25. The second-order valence-electron chi connectivity index (χ2n) is 7.43. The van der Waals surface area contributed by atoms with E-state index in [1.54, 1.807) is 0 Å². The molecule has 8 heteroatoms. The molecule has 156 valence electrons. The highest BCUT2D eigenvalue weighted by Gasteiger charge is 2.22. The maximum atomic E-state index is 12.6. The zero-order chi connectivity index (χ0) is 20.8. The van der Waals surface area contributed by atoms with E-state index in [1.165, 1.54) is 24.6 Å². The van der Waals surface area contributed by atoms with Crippen molar-refractivity contribution in [1.82, 2.24) is 25.4 Å². The standard InChI is InChI=1S/C21H29N5O2S/c1-4-26-19(15(3)22-20(28)17-12-8-5-9-14(17)2)24-25-21(26)29-13-18(27)23-16-10-6-7-11-16/h5,8-9,12,15-16H,4,6-7,10-11,13H2,1-3H3,(H,22,28)(H,23,27). The average molecular weight is 416 g/mol. The summed E-state index contributed by atoms with van der Waals surface area (Å²) >= 11 is 1.38. The van der Waals surface area contributed by atoms with Gasteiger partial charge in [0.05, 0.1) is 11.8 Å². The number of hydrogen-bond acceptors (Lipinski definition) is 5. The van der Waals surface area contributed by atoms with Gasteiger partial charge >= 0.3 is 0 Å². The molecule has 1 aliphatic rings. The van der Waals surface area contributed by atoms with Crippen molar-refractivity contribution in [3.05, 3.63) is 41.2 Å². The molecule has 1 aromatic heterocycles. The number of rotatable bonds is 8. The summed E-state index contributed by atoms with van der Waals surface area (Å²) < 4.78 is 1.95. The van der Waals surface area contributed by atoms with Gasteiger partial charge in [-0.1, -0.05) is 42.8 Å². The summed E-state index contributed by atoms with van der Waals surface area (Å²) in [5.41, 5.74) is 1.58. The molecule has 29 heavy (non-hydrogen) atoms. The summed E-state index contributed by atoms with van der Waals surface area (Å²) in [5.74, 6) is 0.910. The number of carbonyl (C=O) groups is 2. The van der Waals surface area contributed by atoms with E-state index in [4.69, 9.17) is 0 Å². The van der Waals surface area contributed by atoms with Crippen LogP contribution in [-0.2, 0) is 11.3 Å². The molecular weight excluding hydrogens is 386 g/mol. The van der Waals surface area contributed by atoms with Crippen LogP contribution in [0.3, 0.4) is 0 Å². The fourth-order valence-electron chi connectivity index (χ4n) is 3.66. The lowest BCUT2D eigenvalue weighted by atomic mass is 10.1. The van der Waals surface area contributed by atoms with E-state index in [9.17, 15) is 9.59 Å². The quantitative estimate of drug-likeness (QED) is 0.646. The van der Waals surface area contributed by atoms with Crippen LogP contribution in [0.1, 0.15) is 67.3 Å². The van der Waals surface area contributed by atoms with Crippen molar-refractivity contribution in [2.24, 2.45) is 0 Å². The highest BCUT2D eigenvalue weighted by molar-refractivity contribution is 7.99. The first-order valence-corrected chi connectivity index (χ1v) is 11.2. The second-order valence-corrected chi connectivity index (χ2v) is 8.38. The second kappa shape index (κ2) is 9.91. The van der Waals surface area contributed by atoms with Gasteiger partial charge in [0.25, 0.3) is 5.91 Å². The molecular formula is C21H29N5O2S. The number of nitrogens with one attached hydrogen (secondary N) is 2. The van der Waals surface area contributed by atoms with Crippen molar-refractivity contribution in [1.29, 1.82) is 0 Å². The summed E-state index contributed by atoms with van der Waals surface area (Å²) in [5, 5.41) is 15.3. The van der Waals surface area contributed by atoms with Gasteiger partial charge in [0.2, 0.25) is 5.91 Å². The summed E-state index contributed by atoms with van der Waals surface area (Å²) in [7, 11) is 0. The SMILES string of the molecule is CCn1c(SCC(=O)NC2CCCC2)nnc1C(C)NC(=O)c1ccccc1C.